The number of nitrogens with one attached hydrogen (secondary N) is 1. The van der Waals surface area contributed by atoms with Gasteiger partial charge in [0.15, 0.2) is 0 Å². The smallest absolute Gasteiger partial charge is 0.330 e. The molecule has 104 valence electrons. The summed E-state index contributed by atoms with van der Waals surface area (Å²) in [5.41, 5.74) is -0.101. The zero-order valence-electron chi connectivity index (χ0n) is 10.5. The maximum Gasteiger partial charge on any atom is 0.330 e. The van der Waals surface area contributed by atoms with Crippen LogP contribution < -0.4 is 10.1 Å². The monoisotopic (exact) mass is 329 g/mol. The van der Waals surface area contributed by atoms with E-state index in [4.69, 9.17) is 4.74 Å². The number of nitrogens with zero attached hydrogens (tertiary/aromatic N) is 2. The average molecular weight is 330 g/mol. The molecule has 0 amide bonds. The Bertz CT molecular complexity index is 450. The van der Waals surface area contributed by atoms with Gasteiger partial charge in [0.05, 0.1) is 16.0 Å². The lowest BCUT2D eigenvalue weighted by molar-refractivity contribution is -0.386. The fraction of sp³-hybridized carbons (Fsp3) is 0.583. The van der Waals surface area contributed by atoms with E-state index in [1.807, 2.05) is 0 Å². The molecule has 6 nitrogen and oxygen atoms in total. The van der Waals surface area contributed by atoms with Crippen LogP contribution in [-0.4, -0.2) is 29.6 Å². The van der Waals surface area contributed by atoms with E-state index in [1.165, 1.54) is 25.2 Å². The van der Waals surface area contributed by atoms with E-state index >= 15 is 0 Å². The Balaban J connectivity index is 1.93. The molecule has 0 spiro atoms. The predicted octanol–water partition coefficient (Wildman–Crippen LogP) is 2.52. The lowest BCUT2D eigenvalue weighted by Crippen LogP contribution is -2.30. The second-order valence-corrected chi connectivity index (χ2v) is 5.43. The van der Waals surface area contributed by atoms with Crippen LogP contribution in [0.4, 0.5) is 5.69 Å². The molecule has 1 aliphatic rings. The molecule has 2 rings (SSSR count). The molecule has 1 fully saturated rings. The van der Waals surface area contributed by atoms with Crippen LogP contribution in [0.25, 0.3) is 0 Å². The summed E-state index contributed by atoms with van der Waals surface area (Å²) in [5, 5.41) is 14.2. The van der Waals surface area contributed by atoms with Gasteiger partial charge >= 0.3 is 5.69 Å². The summed E-state index contributed by atoms with van der Waals surface area (Å²) in [4.78, 5) is 14.2. The molecule has 1 aliphatic heterocycles. The molecule has 1 unspecified atom stereocenters. The minimum absolute atomic E-state index is 0.101. The molecule has 1 aromatic rings. The first kappa shape index (κ1) is 14.2. The molecule has 0 radical (unpaired) electrons. The number of hydrogen-bond acceptors (Lipinski definition) is 5. The van der Waals surface area contributed by atoms with Crippen molar-refractivity contribution in [2.45, 2.75) is 19.3 Å². The number of pyridine rings is 1. The van der Waals surface area contributed by atoms with Gasteiger partial charge in [0.25, 0.3) is 0 Å². The molecule has 2 heterocycles. The zero-order chi connectivity index (χ0) is 13.7. The SMILES string of the molecule is O=[N+]([O-])c1cncc(Br)c1OCCC1CCCNC1. The van der Waals surface area contributed by atoms with Crippen LogP contribution in [0.5, 0.6) is 5.75 Å². The molecule has 1 atom stereocenters. The van der Waals surface area contributed by atoms with E-state index in [0.29, 0.717) is 17.0 Å². The van der Waals surface area contributed by atoms with Gasteiger partial charge < -0.3 is 10.1 Å². The van der Waals surface area contributed by atoms with Crippen molar-refractivity contribution in [3.8, 4) is 5.75 Å². The van der Waals surface area contributed by atoms with E-state index in [0.717, 1.165) is 19.5 Å². The highest BCUT2D eigenvalue weighted by Gasteiger charge is 2.20. The van der Waals surface area contributed by atoms with Crippen molar-refractivity contribution >= 4 is 21.6 Å². The quantitative estimate of drug-likeness (QED) is 0.663. The van der Waals surface area contributed by atoms with Crippen molar-refractivity contribution in [3.05, 3.63) is 27.0 Å². The Labute approximate surface area is 119 Å². The molecule has 1 N–H and O–H groups in total. The number of halogens is 1. The molecular formula is C12H16BrN3O3. The highest BCUT2D eigenvalue weighted by molar-refractivity contribution is 9.10. The molecular weight excluding hydrogens is 314 g/mol. The fourth-order valence-corrected chi connectivity index (χ4v) is 2.62. The molecule has 0 saturated carbocycles. The van der Waals surface area contributed by atoms with Gasteiger partial charge in [-0.25, -0.2) is 0 Å². The first-order valence-corrected chi connectivity index (χ1v) is 7.09. The molecule has 0 aliphatic carbocycles. The summed E-state index contributed by atoms with van der Waals surface area (Å²) in [6, 6.07) is 0. The Kier molecular flexibility index (Phi) is 5.09. The minimum atomic E-state index is -0.477. The Morgan fingerprint density at radius 1 is 1.58 bits per heavy atom. The van der Waals surface area contributed by atoms with Crippen LogP contribution in [-0.2, 0) is 0 Å². The van der Waals surface area contributed by atoms with Gasteiger partial charge in [-0.05, 0) is 54.2 Å². The number of nitro groups is 1. The summed E-state index contributed by atoms with van der Waals surface area (Å²) < 4.78 is 6.09. The van der Waals surface area contributed by atoms with E-state index in [1.54, 1.807) is 0 Å². The minimum Gasteiger partial charge on any atom is -0.486 e. The van der Waals surface area contributed by atoms with Crippen molar-refractivity contribution in [1.29, 1.82) is 0 Å². The van der Waals surface area contributed by atoms with Crippen molar-refractivity contribution in [2.24, 2.45) is 5.92 Å². The van der Waals surface area contributed by atoms with Crippen LogP contribution >= 0.6 is 15.9 Å². The normalized spacial score (nSPS) is 19.1. The number of hydrogen-bond donors (Lipinski definition) is 1. The number of ether oxygens (including phenoxy) is 1. The van der Waals surface area contributed by atoms with Gasteiger partial charge in [-0.15, -0.1) is 0 Å². The first-order chi connectivity index (χ1) is 9.18. The Morgan fingerprint density at radius 2 is 2.42 bits per heavy atom. The fourth-order valence-electron chi connectivity index (χ4n) is 2.18. The topological polar surface area (TPSA) is 77.3 Å². The van der Waals surface area contributed by atoms with Crippen LogP contribution in [0.15, 0.2) is 16.9 Å². The predicted molar refractivity (Wildman–Crippen MR) is 74.3 cm³/mol. The van der Waals surface area contributed by atoms with Crippen LogP contribution in [0.3, 0.4) is 0 Å². The van der Waals surface area contributed by atoms with Crippen molar-refractivity contribution in [3.63, 3.8) is 0 Å². The third kappa shape index (κ3) is 3.87. The lowest BCUT2D eigenvalue weighted by atomic mass is 9.97. The number of rotatable bonds is 5. The summed E-state index contributed by atoms with van der Waals surface area (Å²) in [6.07, 6.45) is 5.99. The summed E-state index contributed by atoms with van der Waals surface area (Å²) in [6.45, 7) is 2.57. The second kappa shape index (κ2) is 6.81. The second-order valence-electron chi connectivity index (χ2n) is 4.58. The zero-order valence-corrected chi connectivity index (χ0v) is 12.1. The highest BCUT2D eigenvalue weighted by atomic mass is 79.9. The largest absolute Gasteiger partial charge is 0.486 e. The van der Waals surface area contributed by atoms with Gasteiger partial charge in [-0.3, -0.25) is 15.1 Å². The van der Waals surface area contributed by atoms with Crippen LogP contribution in [0.1, 0.15) is 19.3 Å². The molecule has 19 heavy (non-hydrogen) atoms. The molecule has 0 bridgehead atoms. The van der Waals surface area contributed by atoms with Crippen molar-refractivity contribution in [2.75, 3.05) is 19.7 Å². The maximum atomic E-state index is 10.9. The lowest BCUT2D eigenvalue weighted by Gasteiger charge is -2.22. The van der Waals surface area contributed by atoms with Crippen LogP contribution in [0.2, 0.25) is 0 Å². The molecule has 1 saturated heterocycles. The first-order valence-electron chi connectivity index (χ1n) is 6.30. The number of aromatic nitrogens is 1. The third-order valence-corrected chi connectivity index (χ3v) is 3.77. The Morgan fingerprint density at radius 3 is 3.11 bits per heavy atom. The maximum absolute atomic E-state index is 10.9. The number of piperidine rings is 1. The average Bonchev–Trinajstić information content (AvgIpc) is 2.41. The van der Waals surface area contributed by atoms with E-state index in [-0.39, 0.29) is 11.4 Å². The summed E-state index contributed by atoms with van der Waals surface area (Å²) >= 11 is 3.24. The van der Waals surface area contributed by atoms with Gasteiger partial charge in [0.1, 0.15) is 6.20 Å². The van der Waals surface area contributed by atoms with Gasteiger partial charge in [-0.1, -0.05) is 0 Å². The molecule has 1 aromatic heterocycles. The molecule has 7 heteroatoms. The van der Waals surface area contributed by atoms with Crippen molar-refractivity contribution < 1.29 is 9.66 Å². The van der Waals surface area contributed by atoms with E-state index < -0.39 is 4.92 Å². The van der Waals surface area contributed by atoms with Gasteiger partial charge in [0, 0.05) is 6.20 Å². The Hall–Kier alpha value is -1.21. The summed E-state index contributed by atoms with van der Waals surface area (Å²) in [5.74, 6) is 0.859. The van der Waals surface area contributed by atoms with Gasteiger partial charge in [-0.2, -0.15) is 0 Å². The van der Waals surface area contributed by atoms with Crippen molar-refractivity contribution in [1.82, 2.24) is 10.3 Å². The van der Waals surface area contributed by atoms with Crippen LogP contribution in [0, 0.1) is 16.0 Å². The highest BCUT2D eigenvalue weighted by Crippen LogP contribution is 2.33. The van der Waals surface area contributed by atoms with E-state index in [9.17, 15) is 10.1 Å². The molecule has 0 aromatic carbocycles. The summed E-state index contributed by atoms with van der Waals surface area (Å²) in [7, 11) is 0. The third-order valence-electron chi connectivity index (χ3n) is 3.20. The standard InChI is InChI=1S/C12H16BrN3O3/c13-10-7-15-8-11(16(17)18)12(10)19-5-3-9-2-1-4-14-6-9/h7-9,14H,1-6H2. The van der Waals surface area contributed by atoms with E-state index in [2.05, 4.69) is 26.2 Å². The van der Waals surface area contributed by atoms with Gasteiger partial charge in [0.2, 0.25) is 5.75 Å².